The molecule has 0 aliphatic heterocycles. The minimum Gasteiger partial charge on any atom is -0.480 e. The van der Waals surface area contributed by atoms with Crippen molar-refractivity contribution in [3.05, 3.63) is 12.7 Å². The highest BCUT2D eigenvalue weighted by atomic mass is 16.5. The van der Waals surface area contributed by atoms with Crippen molar-refractivity contribution < 1.29 is 19.4 Å². The third-order valence-electron chi connectivity index (χ3n) is 1.99. The number of rotatable bonds is 7. The van der Waals surface area contributed by atoms with Crippen LogP contribution in [0.15, 0.2) is 12.7 Å². The third kappa shape index (κ3) is 6.06. The Labute approximate surface area is 95.5 Å². The van der Waals surface area contributed by atoms with Gasteiger partial charge in [0.25, 0.3) is 0 Å². The summed E-state index contributed by atoms with van der Waals surface area (Å²) in [6.07, 6.45) is 2.50. The number of allylic oxidation sites excluding steroid dienone is 1. The van der Waals surface area contributed by atoms with Gasteiger partial charge in [0.2, 0.25) is 0 Å². The first kappa shape index (κ1) is 14.5. The number of nitrogens with one attached hydrogen (secondary N) is 1. The van der Waals surface area contributed by atoms with Gasteiger partial charge in [-0.25, -0.2) is 9.59 Å². The Morgan fingerprint density at radius 3 is 2.56 bits per heavy atom. The standard InChI is InChI=1S/C11H19NO4/c1-4-5-6-7-16-11(15)12-9(8(2)3)10(13)14/h4,8-9H,1,5-7H2,2-3H3,(H,12,15)(H,13,14)/t9-/m0/s1. The fourth-order valence-corrected chi connectivity index (χ4v) is 1.07. The second kappa shape index (κ2) is 7.73. The summed E-state index contributed by atoms with van der Waals surface area (Å²) in [7, 11) is 0. The third-order valence-corrected chi connectivity index (χ3v) is 1.99. The first-order valence-electron chi connectivity index (χ1n) is 5.26. The van der Waals surface area contributed by atoms with E-state index in [1.54, 1.807) is 19.9 Å². The van der Waals surface area contributed by atoms with Gasteiger partial charge in [-0.2, -0.15) is 0 Å². The van der Waals surface area contributed by atoms with Gasteiger partial charge in [-0.1, -0.05) is 19.9 Å². The van der Waals surface area contributed by atoms with Crippen molar-refractivity contribution in [1.29, 1.82) is 0 Å². The molecular formula is C11H19NO4. The van der Waals surface area contributed by atoms with E-state index in [-0.39, 0.29) is 12.5 Å². The molecule has 0 spiro atoms. The predicted octanol–water partition coefficient (Wildman–Crippen LogP) is 1.79. The van der Waals surface area contributed by atoms with Crippen molar-refractivity contribution in [3.8, 4) is 0 Å². The van der Waals surface area contributed by atoms with Crippen molar-refractivity contribution in [1.82, 2.24) is 5.32 Å². The minimum absolute atomic E-state index is 0.182. The smallest absolute Gasteiger partial charge is 0.407 e. The highest BCUT2D eigenvalue weighted by Gasteiger charge is 2.23. The fraction of sp³-hybridized carbons (Fsp3) is 0.636. The molecule has 16 heavy (non-hydrogen) atoms. The molecule has 1 atom stereocenters. The Hall–Kier alpha value is -1.52. The van der Waals surface area contributed by atoms with Gasteiger partial charge in [0, 0.05) is 0 Å². The van der Waals surface area contributed by atoms with Crippen LogP contribution in [0.25, 0.3) is 0 Å². The Kier molecular flexibility index (Phi) is 7.00. The van der Waals surface area contributed by atoms with Crippen LogP contribution in [0.1, 0.15) is 26.7 Å². The number of carbonyl (C=O) groups is 2. The number of carbonyl (C=O) groups excluding carboxylic acids is 1. The van der Waals surface area contributed by atoms with Crippen LogP contribution in [0.5, 0.6) is 0 Å². The number of hydrogen-bond donors (Lipinski definition) is 2. The summed E-state index contributed by atoms with van der Waals surface area (Å²) in [6.45, 7) is 7.24. The Bertz CT molecular complexity index is 250. The van der Waals surface area contributed by atoms with Gasteiger partial charge in [0.15, 0.2) is 0 Å². The summed E-state index contributed by atoms with van der Waals surface area (Å²) in [4.78, 5) is 22.0. The number of unbranched alkanes of at least 4 members (excludes halogenated alkanes) is 1. The molecule has 1 amide bonds. The van der Waals surface area contributed by atoms with Gasteiger partial charge in [0.05, 0.1) is 6.61 Å². The molecule has 0 aromatic carbocycles. The zero-order valence-electron chi connectivity index (χ0n) is 9.73. The van der Waals surface area contributed by atoms with Crippen molar-refractivity contribution in [3.63, 3.8) is 0 Å². The molecule has 0 aromatic rings. The summed E-state index contributed by atoms with van der Waals surface area (Å²) in [6, 6.07) is -0.910. The molecule has 0 radical (unpaired) electrons. The van der Waals surface area contributed by atoms with Crippen LogP contribution in [0.2, 0.25) is 0 Å². The van der Waals surface area contributed by atoms with E-state index in [9.17, 15) is 9.59 Å². The molecule has 0 aliphatic carbocycles. The average Bonchev–Trinajstić information content (AvgIpc) is 2.20. The molecule has 0 aromatic heterocycles. The normalized spacial score (nSPS) is 11.9. The van der Waals surface area contributed by atoms with E-state index in [1.165, 1.54) is 0 Å². The van der Waals surface area contributed by atoms with Crippen LogP contribution < -0.4 is 5.32 Å². The zero-order valence-corrected chi connectivity index (χ0v) is 9.73. The van der Waals surface area contributed by atoms with Crippen LogP contribution in [-0.4, -0.2) is 29.8 Å². The van der Waals surface area contributed by atoms with Gasteiger partial charge >= 0.3 is 12.1 Å². The van der Waals surface area contributed by atoms with Crippen molar-refractivity contribution >= 4 is 12.1 Å². The molecule has 5 nitrogen and oxygen atoms in total. The fourth-order valence-electron chi connectivity index (χ4n) is 1.07. The van der Waals surface area contributed by atoms with Crippen LogP contribution in [0, 0.1) is 5.92 Å². The van der Waals surface area contributed by atoms with E-state index in [0.29, 0.717) is 6.42 Å². The van der Waals surface area contributed by atoms with E-state index < -0.39 is 18.1 Å². The van der Waals surface area contributed by atoms with Crippen LogP contribution >= 0.6 is 0 Å². The number of amides is 1. The number of ether oxygens (including phenoxy) is 1. The summed E-state index contributed by atoms with van der Waals surface area (Å²) < 4.78 is 4.81. The first-order chi connectivity index (χ1) is 7.49. The molecule has 0 heterocycles. The maximum Gasteiger partial charge on any atom is 0.407 e. The Balaban J connectivity index is 3.91. The number of aliphatic carboxylic acids is 1. The Morgan fingerprint density at radius 1 is 1.50 bits per heavy atom. The molecule has 92 valence electrons. The Morgan fingerprint density at radius 2 is 2.12 bits per heavy atom. The first-order valence-corrected chi connectivity index (χ1v) is 5.26. The SMILES string of the molecule is C=CCCCOC(=O)N[C@H](C(=O)O)C(C)C. The highest BCUT2D eigenvalue weighted by molar-refractivity contribution is 5.80. The van der Waals surface area contributed by atoms with E-state index in [0.717, 1.165) is 6.42 Å². The summed E-state index contributed by atoms with van der Waals surface area (Å²) in [5.74, 6) is -1.24. The number of alkyl carbamates (subject to hydrolysis) is 1. The predicted molar refractivity (Wildman–Crippen MR) is 60.2 cm³/mol. The molecule has 0 bridgehead atoms. The van der Waals surface area contributed by atoms with Gasteiger partial charge in [-0.15, -0.1) is 6.58 Å². The molecule has 0 fully saturated rings. The molecule has 0 saturated carbocycles. The van der Waals surface area contributed by atoms with E-state index in [1.807, 2.05) is 0 Å². The lowest BCUT2D eigenvalue weighted by molar-refractivity contribution is -0.140. The quantitative estimate of drug-likeness (QED) is 0.515. The van der Waals surface area contributed by atoms with Crippen molar-refractivity contribution in [2.75, 3.05) is 6.61 Å². The van der Waals surface area contributed by atoms with Gasteiger partial charge < -0.3 is 15.2 Å². The van der Waals surface area contributed by atoms with Crippen LogP contribution in [0.3, 0.4) is 0 Å². The summed E-state index contributed by atoms with van der Waals surface area (Å²) in [5, 5.41) is 11.1. The average molecular weight is 229 g/mol. The molecular weight excluding hydrogens is 210 g/mol. The van der Waals surface area contributed by atoms with E-state index >= 15 is 0 Å². The topological polar surface area (TPSA) is 75.6 Å². The monoisotopic (exact) mass is 229 g/mol. The number of carboxylic acid groups (broad SMARTS) is 1. The van der Waals surface area contributed by atoms with Gasteiger partial charge in [-0.3, -0.25) is 0 Å². The summed E-state index contributed by atoms with van der Waals surface area (Å²) in [5.41, 5.74) is 0. The maximum absolute atomic E-state index is 11.2. The van der Waals surface area contributed by atoms with Crippen molar-refractivity contribution in [2.24, 2.45) is 5.92 Å². The lowest BCUT2D eigenvalue weighted by Gasteiger charge is -2.17. The molecule has 5 heteroatoms. The minimum atomic E-state index is -1.06. The van der Waals surface area contributed by atoms with E-state index in [4.69, 9.17) is 9.84 Å². The van der Waals surface area contributed by atoms with E-state index in [2.05, 4.69) is 11.9 Å². The lowest BCUT2D eigenvalue weighted by Crippen LogP contribution is -2.44. The van der Waals surface area contributed by atoms with Gasteiger partial charge in [0.1, 0.15) is 6.04 Å². The second-order valence-electron chi connectivity index (χ2n) is 3.77. The zero-order chi connectivity index (χ0) is 12.6. The summed E-state index contributed by atoms with van der Waals surface area (Å²) >= 11 is 0. The molecule has 0 saturated heterocycles. The van der Waals surface area contributed by atoms with Crippen molar-refractivity contribution in [2.45, 2.75) is 32.7 Å². The maximum atomic E-state index is 11.2. The van der Waals surface area contributed by atoms with Crippen LogP contribution in [-0.2, 0) is 9.53 Å². The highest BCUT2D eigenvalue weighted by Crippen LogP contribution is 2.02. The lowest BCUT2D eigenvalue weighted by atomic mass is 10.1. The van der Waals surface area contributed by atoms with Crippen LogP contribution in [0.4, 0.5) is 4.79 Å². The second-order valence-corrected chi connectivity index (χ2v) is 3.77. The molecule has 0 aliphatic rings. The van der Waals surface area contributed by atoms with Gasteiger partial charge in [-0.05, 0) is 18.8 Å². The molecule has 2 N–H and O–H groups in total. The molecule has 0 rings (SSSR count). The number of carboxylic acids is 1. The number of hydrogen-bond acceptors (Lipinski definition) is 3. The molecule has 0 unspecified atom stereocenters. The largest absolute Gasteiger partial charge is 0.480 e.